The molecule has 0 spiro atoms. The van der Waals surface area contributed by atoms with Crippen LogP contribution >= 0.6 is 0 Å². The van der Waals surface area contributed by atoms with Crippen molar-refractivity contribution in [1.29, 1.82) is 0 Å². The van der Waals surface area contributed by atoms with Gasteiger partial charge in [0.15, 0.2) is 0 Å². The summed E-state index contributed by atoms with van der Waals surface area (Å²) in [5.41, 5.74) is 3.49. The minimum Gasteiger partial charge on any atom is -0.481 e. The van der Waals surface area contributed by atoms with Crippen LogP contribution in [0.4, 0.5) is 0 Å². The number of aliphatic carboxylic acids is 1. The zero-order valence-electron chi connectivity index (χ0n) is 7.58. The van der Waals surface area contributed by atoms with Crippen molar-refractivity contribution in [3.05, 3.63) is 34.9 Å². The number of aryl methyl sites for hydroxylation is 1. The molecular formula is C11H12O2. The second kappa shape index (κ2) is 2.87. The van der Waals surface area contributed by atoms with Gasteiger partial charge in [0, 0.05) is 0 Å². The molecule has 2 heteroatoms. The number of rotatable bonds is 1. The fourth-order valence-corrected chi connectivity index (χ4v) is 2.09. The van der Waals surface area contributed by atoms with Gasteiger partial charge in [-0.3, -0.25) is 4.79 Å². The molecule has 0 aliphatic heterocycles. The average molecular weight is 176 g/mol. The molecule has 68 valence electrons. The van der Waals surface area contributed by atoms with Gasteiger partial charge in [0.2, 0.25) is 0 Å². The van der Waals surface area contributed by atoms with Crippen LogP contribution in [0.5, 0.6) is 0 Å². The third-order valence-electron chi connectivity index (χ3n) is 2.80. The Labute approximate surface area is 77.2 Å². The number of benzene rings is 1. The maximum Gasteiger partial charge on any atom is 0.310 e. The summed E-state index contributed by atoms with van der Waals surface area (Å²) in [5.74, 6) is -0.959. The highest BCUT2D eigenvalue weighted by Gasteiger charge is 2.28. The fraction of sp³-hybridized carbons (Fsp3) is 0.364. The summed E-state index contributed by atoms with van der Waals surface area (Å²) < 4.78 is 0. The zero-order chi connectivity index (χ0) is 9.42. The van der Waals surface area contributed by atoms with E-state index in [1.165, 1.54) is 11.1 Å². The minimum absolute atomic E-state index is 0.269. The van der Waals surface area contributed by atoms with Gasteiger partial charge in [-0.1, -0.05) is 18.2 Å². The SMILES string of the molecule is Cc1cccc2c1CC[C@@H]2C(=O)O. The molecule has 1 aliphatic carbocycles. The summed E-state index contributed by atoms with van der Waals surface area (Å²) in [6.07, 6.45) is 1.68. The Kier molecular flexibility index (Phi) is 1.83. The van der Waals surface area contributed by atoms with Gasteiger partial charge in [0.25, 0.3) is 0 Å². The Morgan fingerprint density at radius 1 is 1.54 bits per heavy atom. The summed E-state index contributed by atoms with van der Waals surface area (Å²) in [7, 11) is 0. The smallest absolute Gasteiger partial charge is 0.310 e. The van der Waals surface area contributed by atoms with Crippen LogP contribution in [0.15, 0.2) is 18.2 Å². The van der Waals surface area contributed by atoms with E-state index in [2.05, 4.69) is 0 Å². The number of hydrogen-bond donors (Lipinski definition) is 1. The molecule has 1 aromatic rings. The fourth-order valence-electron chi connectivity index (χ4n) is 2.09. The Hall–Kier alpha value is -1.31. The van der Waals surface area contributed by atoms with Crippen LogP contribution in [0.1, 0.15) is 29.0 Å². The molecule has 0 aromatic heterocycles. The number of carbonyl (C=O) groups is 1. The lowest BCUT2D eigenvalue weighted by Gasteiger charge is -2.06. The summed E-state index contributed by atoms with van der Waals surface area (Å²) in [6.45, 7) is 2.04. The van der Waals surface area contributed by atoms with Gasteiger partial charge in [-0.05, 0) is 36.5 Å². The van der Waals surface area contributed by atoms with Crippen LogP contribution in [0.3, 0.4) is 0 Å². The predicted octanol–water partition coefficient (Wildman–Crippen LogP) is 2.11. The van der Waals surface area contributed by atoms with Gasteiger partial charge in [0.05, 0.1) is 5.92 Å². The van der Waals surface area contributed by atoms with Crippen LogP contribution in [0, 0.1) is 6.92 Å². The monoisotopic (exact) mass is 176 g/mol. The van der Waals surface area contributed by atoms with E-state index in [9.17, 15) is 4.79 Å². The van der Waals surface area contributed by atoms with Crippen LogP contribution in [-0.4, -0.2) is 11.1 Å². The summed E-state index contributed by atoms with van der Waals surface area (Å²) in [5, 5.41) is 8.95. The molecule has 0 saturated carbocycles. The Morgan fingerprint density at radius 3 is 3.00 bits per heavy atom. The second-order valence-corrected chi connectivity index (χ2v) is 3.57. The van der Waals surface area contributed by atoms with Gasteiger partial charge in [-0.2, -0.15) is 0 Å². The van der Waals surface area contributed by atoms with Gasteiger partial charge < -0.3 is 5.11 Å². The Bertz CT molecular complexity index is 355. The van der Waals surface area contributed by atoms with E-state index in [0.29, 0.717) is 0 Å². The van der Waals surface area contributed by atoms with Crippen molar-refractivity contribution in [2.45, 2.75) is 25.7 Å². The van der Waals surface area contributed by atoms with E-state index in [-0.39, 0.29) is 5.92 Å². The van der Waals surface area contributed by atoms with E-state index in [4.69, 9.17) is 5.11 Å². The first-order chi connectivity index (χ1) is 6.20. The van der Waals surface area contributed by atoms with Gasteiger partial charge in [-0.25, -0.2) is 0 Å². The van der Waals surface area contributed by atoms with Crippen molar-refractivity contribution < 1.29 is 9.90 Å². The first-order valence-electron chi connectivity index (χ1n) is 4.51. The summed E-state index contributed by atoms with van der Waals surface area (Å²) in [6, 6.07) is 5.92. The molecule has 0 saturated heterocycles. The van der Waals surface area contributed by atoms with Gasteiger partial charge in [-0.15, -0.1) is 0 Å². The lowest BCUT2D eigenvalue weighted by atomic mass is 9.99. The van der Waals surface area contributed by atoms with Crippen molar-refractivity contribution in [2.75, 3.05) is 0 Å². The van der Waals surface area contributed by atoms with Crippen LogP contribution in [0.2, 0.25) is 0 Å². The first-order valence-corrected chi connectivity index (χ1v) is 4.51. The third kappa shape index (κ3) is 1.22. The molecule has 13 heavy (non-hydrogen) atoms. The summed E-state index contributed by atoms with van der Waals surface area (Å²) >= 11 is 0. The molecule has 1 aliphatic rings. The molecule has 1 atom stereocenters. The highest BCUT2D eigenvalue weighted by molar-refractivity contribution is 5.78. The van der Waals surface area contributed by atoms with E-state index in [0.717, 1.165) is 18.4 Å². The van der Waals surface area contributed by atoms with Crippen LogP contribution in [0.25, 0.3) is 0 Å². The van der Waals surface area contributed by atoms with E-state index < -0.39 is 5.97 Å². The minimum atomic E-state index is -0.690. The molecular weight excluding hydrogens is 164 g/mol. The predicted molar refractivity (Wildman–Crippen MR) is 49.9 cm³/mol. The van der Waals surface area contributed by atoms with Crippen molar-refractivity contribution in [1.82, 2.24) is 0 Å². The number of carboxylic acids is 1. The molecule has 0 fully saturated rings. The molecule has 0 radical (unpaired) electrons. The van der Waals surface area contributed by atoms with Crippen LogP contribution in [-0.2, 0) is 11.2 Å². The molecule has 0 bridgehead atoms. The maximum absolute atomic E-state index is 10.9. The standard InChI is InChI=1S/C11H12O2/c1-7-3-2-4-9-8(7)5-6-10(9)11(12)13/h2-4,10H,5-6H2,1H3,(H,12,13)/t10-/m0/s1. The molecule has 0 unspecified atom stereocenters. The van der Waals surface area contributed by atoms with E-state index >= 15 is 0 Å². The molecule has 1 aromatic carbocycles. The van der Waals surface area contributed by atoms with Crippen molar-refractivity contribution in [3.8, 4) is 0 Å². The molecule has 1 N–H and O–H groups in total. The molecule has 2 nitrogen and oxygen atoms in total. The maximum atomic E-state index is 10.9. The van der Waals surface area contributed by atoms with Gasteiger partial charge in [0.1, 0.15) is 0 Å². The summed E-state index contributed by atoms with van der Waals surface area (Å²) in [4.78, 5) is 10.9. The molecule has 2 rings (SSSR count). The van der Waals surface area contributed by atoms with Crippen molar-refractivity contribution >= 4 is 5.97 Å². The highest BCUT2D eigenvalue weighted by atomic mass is 16.4. The number of hydrogen-bond acceptors (Lipinski definition) is 1. The van der Waals surface area contributed by atoms with Crippen molar-refractivity contribution in [3.63, 3.8) is 0 Å². The van der Waals surface area contributed by atoms with Crippen molar-refractivity contribution in [2.24, 2.45) is 0 Å². The normalized spacial score (nSPS) is 19.9. The lowest BCUT2D eigenvalue weighted by Crippen LogP contribution is -2.07. The first kappa shape index (κ1) is 8.30. The average Bonchev–Trinajstić information content (AvgIpc) is 2.48. The quantitative estimate of drug-likeness (QED) is 0.711. The zero-order valence-corrected chi connectivity index (χ0v) is 7.58. The van der Waals surface area contributed by atoms with Gasteiger partial charge >= 0.3 is 5.97 Å². The molecule has 0 heterocycles. The highest BCUT2D eigenvalue weighted by Crippen LogP contribution is 2.34. The third-order valence-corrected chi connectivity index (χ3v) is 2.80. The Balaban J connectivity index is 2.49. The topological polar surface area (TPSA) is 37.3 Å². The lowest BCUT2D eigenvalue weighted by molar-refractivity contribution is -0.138. The van der Waals surface area contributed by atoms with E-state index in [1.54, 1.807) is 0 Å². The van der Waals surface area contributed by atoms with Crippen LogP contribution < -0.4 is 0 Å². The number of carboxylic acid groups (broad SMARTS) is 1. The Morgan fingerprint density at radius 2 is 2.31 bits per heavy atom. The number of fused-ring (bicyclic) bond motifs is 1. The molecule has 0 amide bonds. The largest absolute Gasteiger partial charge is 0.481 e. The second-order valence-electron chi connectivity index (χ2n) is 3.57. The van der Waals surface area contributed by atoms with E-state index in [1.807, 2.05) is 25.1 Å².